The summed E-state index contributed by atoms with van der Waals surface area (Å²) in [5.41, 5.74) is 0. The van der Waals surface area contributed by atoms with E-state index in [1.807, 2.05) is 25.7 Å². The Labute approximate surface area is 102 Å². The molecule has 1 unspecified atom stereocenters. The third kappa shape index (κ3) is 4.14. The van der Waals surface area contributed by atoms with Gasteiger partial charge in [0.2, 0.25) is 0 Å². The Morgan fingerprint density at radius 3 is 2.35 bits per heavy atom. The van der Waals surface area contributed by atoms with Crippen molar-refractivity contribution in [1.29, 1.82) is 0 Å². The molecule has 0 aliphatic carbocycles. The van der Waals surface area contributed by atoms with E-state index in [0.717, 1.165) is 19.4 Å². The molecule has 0 N–H and O–H groups in total. The zero-order valence-corrected chi connectivity index (χ0v) is 10.9. The quantitative estimate of drug-likeness (QED) is 0.759. The van der Waals surface area contributed by atoms with Crippen LogP contribution in [0.1, 0.15) is 33.6 Å². The molecule has 0 aromatic heterocycles. The highest BCUT2D eigenvalue weighted by Gasteiger charge is 2.46. The van der Waals surface area contributed by atoms with Gasteiger partial charge >= 0.3 is 6.18 Å². The molecule has 1 fully saturated rings. The summed E-state index contributed by atoms with van der Waals surface area (Å²) in [5.74, 6) is 0. The van der Waals surface area contributed by atoms with E-state index in [4.69, 9.17) is 0 Å². The number of rotatable bonds is 4. The number of halogens is 3. The van der Waals surface area contributed by atoms with Crippen molar-refractivity contribution in [3.05, 3.63) is 0 Å². The molecule has 1 rings (SSSR count). The number of nitrogens with zero attached hydrogens (tertiary/aromatic N) is 2. The molecule has 0 aromatic rings. The van der Waals surface area contributed by atoms with Gasteiger partial charge in [-0.05, 0) is 26.8 Å². The lowest BCUT2D eigenvalue weighted by Crippen LogP contribution is -2.60. The van der Waals surface area contributed by atoms with Gasteiger partial charge in [0.25, 0.3) is 0 Å². The van der Waals surface area contributed by atoms with Gasteiger partial charge in [0.05, 0.1) is 0 Å². The molecule has 2 nitrogen and oxygen atoms in total. The van der Waals surface area contributed by atoms with Crippen LogP contribution in [0.3, 0.4) is 0 Å². The van der Waals surface area contributed by atoms with E-state index in [9.17, 15) is 13.2 Å². The fraction of sp³-hybridized carbons (Fsp3) is 1.00. The van der Waals surface area contributed by atoms with E-state index in [2.05, 4.69) is 0 Å². The van der Waals surface area contributed by atoms with Crippen LogP contribution in [0.5, 0.6) is 0 Å². The maximum Gasteiger partial charge on any atom is 0.405 e. The van der Waals surface area contributed by atoms with Gasteiger partial charge in [0.1, 0.15) is 6.04 Å². The highest BCUT2D eigenvalue weighted by Crippen LogP contribution is 2.28. The van der Waals surface area contributed by atoms with Gasteiger partial charge in [-0.15, -0.1) is 0 Å². The first kappa shape index (κ1) is 14.8. The highest BCUT2D eigenvalue weighted by atomic mass is 19.4. The molecule has 1 atom stereocenters. The van der Waals surface area contributed by atoms with E-state index in [-0.39, 0.29) is 12.6 Å². The fourth-order valence-corrected chi connectivity index (χ4v) is 2.25. The summed E-state index contributed by atoms with van der Waals surface area (Å²) in [6.07, 6.45) is -2.33. The fourth-order valence-electron chi connectivity index (χ4n) is 2.25. The summed E-state index contributed by atoms with van der Waals surface area (Å²) >= 11 is 0. The SMILES string of the molecule is CCCCN1CCN(C(C)C)CC1C(F)(F)F. The Kier molecular flexibility index (Phi) is 5.25. The van der Waals surface area contributed by atoms with Gasteiger partial charge in [0, 0.05) is 25.7 Å². The maximum atomic E-state index is 13.0. The van der Waals surface area contributed by atoms with E-state index < -0.39 is 12.2 Å². The van der Waals surface area contributed by atoms with Crippen LogP contribution in [0.4, 0.5) is 13.2 Å². The number of piperazine rings is 1. The summed E-state index contributed by atoms with van der Waals surface area (Å²) in [6.45, 7) is 7.87. The number of hydrogen-bond donors (Lipinski definition) is 0. The lowest BCUT2D eigenvalue weighted by Gasteiger charge is -2.43. The van der Waals surface area contributed by atoms with Crippen molar-refractivity contribution in [3.63, 3.8) is 0 Å². The molecule has 0 bridgehead atoms. The van der Waals surface area contributed by atoms with Crippen molar-refractivity contribution in [2.24, 2.45) is 0 Å². The molecule has 1 heterocycles. The van der Waals surface area contributed by atoms with E-state index in [0.29, 0.717) is 13.1 Å². The molecule has 0 radical (unpaired) electrons. The van der Waals surface area contributed by atoms with E-state index in [1.54, 1.807) is 4.90 Å². The Balaban J connectivity index is 2.66. The van der Waals surface area contributed by atoms with Crippen LogP contribution in [-0.2, 0) is 0 Å². The van der Waals surface area contributed by atoms with Crippen molar-refractivity contribution >= 4 is 0 Å². The van der Waals surface area contributed by atoms with E-state index >= 15 is 0 Å². The second-order valence-corrected chi connectivity index (χ2v) is 5.04. The van der Waals surface area contributed by atoms with E-state index in [1.165, 1.54) is 0 Å². The average molecular weight is 252 g/mol. The molecular weight excluding hydrogens is 229 g/mol. The molecule has 5 heteroatoms. The topological polar surface area (TPSA) is 6.48 Å². The highest BCUT2D eigenvalue weighted by molar-refractivity contribution is 4.88. The van der Waals surface area contributed by atoms with Crippen LogP contribution in [0.2, 0.25) is 0 Å². The van der Waals surface area contributed by atoms with Gasteiger partial charge in [0.15, 0.2) is 0 Å². The minimum Gasteiger partial charge on any atom is -0.298 e. The number of unbranched alkanes of at least 4 members (excludes halogenated alkanes) is 1. The van der Waals surface area contributed by atoms with Crippen LogP contribution < -0.4 is 0 Å². The van der Waals surface area contributed by atoms with Crippen molar-refractivity contribution in [3.8, 4) is 0 Å². The number of hydrogen-bond acceptors (Lipinski definition) is 2. The third-order valence-corrected chi connectivity index (χ3v) is 3.43. The van der Waals surface area contributed by atoms with Crippen molar-refractivity contribution in [2.45, 2.75) is 51.9 Å². The monoisotopic (exact) mass is 252 g/mol. The Hall–Kier alpha value is -0.290. The van der Waals surface area contributed by atoms with Gasteiger partial charge in [-0.25, -0.2) is 0 Å². The maximum absolute atomic E-state index is 13.0. The van der Waals surface area contributed by atoms with Crippen LogP contribution in [-0.4, -0.2) is 54.2 Å². The van der Waals surface area contributed by atoms with Crippen LogP contribution in [0, 0.1) is 0 Å². The molecular formula is C12H23F3N2. The smallest absolute Gasteiger partial charge is 0.298 e. The first-order chi connectivity index (χ1) is 7.86. The molecule has 1 saturated heterocycles. The molecule has 0 amide bonds. The molecule has 17 heavy (non-hydrogen) atoms. The van der Waals surface area contributed by atoms with Crippen LogP contribution in [0.25, 0.3) is 0 Å². The molecule has 102 valence electrons. The van der Waals surface area contributed by atoms with Crippen molar-refractivity contribution in [1.82, 2.24) is 9.80 Å². The predicted molar refractivity (Wildman–Crippen MR) is 63.0 cm³/mol. The first-order valence-electron chi connectivity index (χ1n) is 6.41. The summed E-state index contributed by atoms with van der Waals surface area (Å²) in [5, 5.41) is 0. The summed E-state index contributed by atoms with van der Waals surface area (Å²) in [4.78, 5) is 3.52. The minimum atomic E-state index is -4.11. The van der Waals surface area contributed by atoms with Gasteiger partial charge < -0.3 is 0 Å². The normalized spacial score (nSPS) is 24.5. The van der Waals surface area contributed by atoms with Gasteiger partial charge in [-0.1, -0.05) is 13.3 Å². The van der Waals surface area contributed by atoms with Crippen LogP contribution >= 0.6 is 0 Å². The molecule has 0 saturated carbocycles. The predicted octanol–water partition coefficient (Wildman–Crippen LogP) is 2.74. The lowest BCUT2D eigenvalue weighted by molar-refractivity contribution is -0.198. The molecule has 1 aliphatic rings. The molecule has 0 aromatic carbocycles. The first-order valence-corrected chi connectivity index (χ1v) is 6.41. The minimum absolute atomic E-state index is 0.116. The number of alkyl halides is 3. The Bertz CT molecular complexity index is 228. The van der Waals surface area contributed by atoms with Crippen LogP contribution in [0.15, 0.2) is 0 Å². The second kappa shape index (κ2) is 6.05. The van der Waals surface area contributed by atoms with Gasteiger partial charge in [-0.3, -0.25) is 9.80 Å². The third-order valence-electron chi connectivity index (χ3n) is 3.43. The summed E-state index contributed by atoms with van der Waals surface area (Å²) < 4.78 is 39.0. The van der Waals surface area contributed by atoms with Crippen molar-refractivity contribution in [2.75, 3.05) is 26.2 Å². The molecule has 0 spiro atoms. The Morgan fingerprint density at radius 1 is 1.24 bits per heavy atom. The summed E-state index contributed by atoms with van der Waals surface area (Å²) in [7, 11) is 0. The second-order valence-electron chi connectivity index (χ2n) is 5.04. The molecule has 1 aliphatic heterocycles. The summed E-state index contributed by atoms with van der Waals surface area (Å²) in [6, 6.07) is -1.10. The lowest BCUT2D eigenvalue weighted by atomic mass is 10.1. The largest absolute Gasteiger partial charge is 0.405 e. The average Bonchev–Trinajstić information content (AvgIpc) is 2.24. The van der Waals surface area contributed by atoms with Crippen molar-refractivity contribution < 1.29 is 13.2 Å². The Morgan fingerprint density at radius 2 is 1.88 bits per heavy atom. The zero-order valence-electron chi connectivity index (χ0n) is 10.9. The van der Waals surface area contributed by atoms with Gasteiger partial charge in [-0.2, -0.15) is 13.2 Å². The zero-order chi connectivity index (χ0) is 13.1. The standard InChI is InChI=1S/C12H23F3N2/c1-4-5-6-16-7-8-17(10(2)3)9-11(16)12(13,14)15/h10-11H,4-9H2,1-3H3.